The second kappa shape index (κ2) is 4.09. The van der Waals surface area contributed by atoms with Gasteiger partial charge in [-0.25, -0.2) is 4.98 Å². The van der Waals surface area contributed by atoms with E-state index in [0.29, 0.717) is 5.92 Å². The molecule has 0 radical (unpaired) electrons. The van der Waals surface area contributed by atoms with Crippen molar-refractivity contribution in [3.63, 3.8) is 0 Å². The van der Waals surface area contributed by atoms with E-state index in [4.69, 9.17) is 5.11 Å². The average Bonchev–Trinajstić information content (AvgIpc) is 2.75. The van der Waals surface area contributed by atoms with Crippen LogP contribution in [0.2, 0.25) is 0 Å². The Bertz CT molecular complexity index is 480. The molecule has 0 atom stereocenters. The van der Waals surface area contributed by atoms with Crippen molar-refractivity contribution in [3.05, 3.63) is 18.2 Å². The fraction of sp³-hybridized carbons (Fsp3) is 0.733. The Kier molecular flexibility index (Phi) is 2.47. The minimum Gasteiger partial charge on any atom is -0.480 e. The number of hydrogen-bond donors (Lipinski definition) is 1. The Morgan fingerprint density at radius 3 is 2.42 bits per heavy atom. The molecule has 5 rings (SSSR count). The third kappa shape index (κ3) is 1.88. The van der Waals surface area contributed by atoms with Crippen LogP contribution in [0.5, 0.6) is 0 Å². The Morgan fingerprint density at radius 1 is 1.21 bits per heavy atom. The molecule has 1 heterocycles. The second-order valence-corrected chi connectivity index (χ2v) is 6.82. The van der Waals surface area contributed by atoms with Gasteiger partial charge >= 0.3 is 5.97 Å². The molecule has 0 amide bonds. The predicted molar refractivity (Wildman–Crippen MR) is 69.6 cm³/mol. The molecule has 0 spiro atoms. The van der Waals surface area contributed by atoms with Crippen LogP contribution in [0.15, 0.2) is 12.5 Å². The zero-order valence-electron chi connectivity index (χ0n) is 11.0. The van der Waals surface area contributed by atoms with Crippen molar-refractivity contribution in [2.24, 2.45) is 23.7 Å². The van der Waals surface area contributed by atoms with Crippen LogP contribution in [0.3, 0.4) is 0 Å². The molecule has 102 valence electrons. The van der Waals surface area contributed by atoms with Gasteiger partial charge in [0.15, 0.2) is 0 Å². The summed E-state index contributed by atoms with van der Waals surface area (Å²) in [6.45, 7) is 0.0281. The Balaban J connectivity index is 1.58. The highest BCUT2D eigenvalue weighted by atomic mass is 16.4. The van der Waals surface area contributed by atoms with Crippen molar-refractivity contribution in [1.29, 1.82) is 0 Å². The van der Waals surface area contributed by atoms with Crippen molar-refractivity contribution in [2.75, 3.05) is 0 Å². The van der Waals surface area contributed by atoms with E-state index in [-0.39, 0.29) is 6.54 Å². The lowest BCUT2D eigenvalue weighted by atomic mass is 9.51. The third-order valence-corrected chi connectivity index (χ3v) is 5.54. The van der Waals surface area contributed by atoms with E-state index in [1.165, 1.54) is 32.1 Å². The van der Waals surface area contributed by atoms with Crippen LogP contribution in [0.4, 0.5) is 0 Å². The minimum atomic E-state index is -0.797. The van der Waals surface area contributed by atoms with Gasteiger partial charge in [0.2, 0.25) is 0 Å². The minimum absolute atomic E-state index is 0.0281. The van der Waals surface area contributed by atoms with E-state index in [1.54, 1.807) is 10.9 Å². The van der Waals surface area contributed by atoms with E-state index in [9.17, 15) is 4.79 Å². The smallest absolute Gasteiger partial charge is 0.323 e. The molecule has 4 saturated carbocycles. The molecular weight excluding hydrogens is 240 g/mol. The van der Waals surface area contributed by atoms with Gasteiger partial charge in [0, 0.05) is 12.1 Å². The quantitative estimate of drug-likeness (QED) is 0.908. The SMILES string of the molecule is O=C(O)Cn1cnc(C2C3CC4CC(C3)CC2C4)c1. The van der Waals surface area contributed by atoms with Gasteiger partial charge in [-0.2, -0.15) is 0 Å². The predicted octanol–water partition coefficient (Wildman–Crippen LogP) is 2.51. The first kappa shape index (κ1) is 11.5. The van der Waals surface area contributed by atoms with Crippen LogP contribution in [0, 0.1) is 23.7 Å². The van der Waals surface area contributed by atoms with Gasteiger partial charge in [-0.05, 0) is 55.8 Å². The van der Waals surface area contributed by atoms with E-state index in [0.717, 1.165) is 29.4 Å². The van der Waals surface area contributed by atoms with Crippen LogP contribution in [0.25, 0.3) is 0 Å². The van der Waals surface area contributed by atoms with E-state index >= 15 is 0 Å². The molecule has 4 fully saturated rings. The second-order valence-electron chi connectivity index (χ2n) is 6.82. The fourth-order valence-corrected chi connectivity index (χ4v) is 5.20. The number of carbonyl (C=O) groups is 1. The number of aromatic nitrogens is 2. The normalized spacial score (nSPS) is 39.7. The Morgan fingerprint density at radius 2 is 1.84 bits per heavy atom. The maximum Gasteiger partial charge on any atom is 0.323 e. The average molecular weight is 260 g/mol. The number of hydrogen-bond acceptors (Lipinski definition) is 2. The van der Waals surface area contributed by atoms with Crippen LogP contribution in [0.1, 0.15) is 43.7 Å². The molecule has 4 aliphatic carbocycles. The topological polar surface area (TPSA) is 55.1 Å². The lowest BCUT2D eigenvalue weighted by molar-refractivity contribution is -0.137. The number of nitrogens with zero attached hydrogens (tertiary/aromatic N) is 2. The Hall–Kier alpha value is -1.32. The molecular formula is C15H20N2O2. The van der Waals surface area contributed by atoms with Gasteiger partial charge in [0.05, 0.1) is 12.0 Å². The number of aliphatic carboxylic acids is 1. The van der Waals surface area contributed by atoms with E-state index in [1.807, 2.05) is 6.20 Å². The summed E-state index contributed by atoms with van der Waals surface area (Å²) in [6, 6.07) is 0. The highest BCUT2D eigenvalue weighted by Gasteiger charge is 2.49. The molecule has 1 N–H and O–H groups in total. The molecule has 1 aromatic rings. The van der Waals surface area contributed by atoms with Crippen LogP contribution in [-0.2, 0) is 11.3 Å². The highest BCUT2D eigenvalue weighted by molar-refractivity contribution is 5.66. The Labute approximate surface area is 112 Å². The lowest BCUT2D eigenvalue weighted by Gasteiger charge is -2.54. The molecule has 0 unspecified atom stereocenters. The summed E-state index contributed by atoms with van der Waals surface area (Å²) in [5, 5.41) is 8.84. The van der Waals surface area contributed by atoms with Crippen molar-refractivity contribution >= 4 is 5.97 Å². The molecule has 1 aromatic heterocycles. The fourth-order valence-electron chi connectivity index (χ4n) is 5.20. The van der Waals surface area contributed by atoms with Gasteiger partial charge in [0.25, 0.3) is 0 Å². The maximum absolute atomic E-state index is 10.8. The van der Waals surface area contributed by atoms with Crippen LogP contribution < -0.4 is 0 Å². The molecule has 4 aliphatic rings. The summed E-state index contributed by atoms with van der Waals surface area (Å²) in [4.78, 5) is 15.3. The number of carboxylic acids is 1. The summed E-state index contributed by atoms with van der Waals surface area (Å²) in [5.74, 6) is 3.37. The van der Waals surface area contributed by atoms with Crippen LogP contribution >= 0.6 is 0 Å². The summed E-state index contributed by atoms with van der Waals surface area (Å²) >= 11 is 0. The van der Waals surface area contributed by atoms with Crippen molar-refractivity contribution in [2.45, 2.75) is 44.6 Å². The zero-order valence-corrected chi connectivity index (χ0v) is 11.0. The largest absolute Gasteiger partial charge is 0.480 e. The molecule has 4 heteroatoms. The van der Waals surface area contributed by atoms with Crippen LogP contribution in [-0.4, -0.2) is 20.6 Å². The lowest BCUT2D eigenvalue weighted by Crippen LogP contribution is -2.43. The van der Waals surface area contributed by atoms with Gasteiger partial charge in [-0.15, -0.1) is 0 Å². The highest BCUT2D eigenvalue weighted by Crippen LogP contribution is 2.59. The van der Waals surface area contributed by atoms with E-state index in [2.05, 4.69) is 4.98 Å². The van der Waals surface area contributed by atoms with Gasteiger partial charge in [0.1, 0.15) is 6.54 Å². The van der Waals surface area contributed by atoms with Crippen molar-refractivity contribution in [3.8, 4) is 0 Å². The molecule has 19 heavy (non-hydrogen) atoms. The monoisotopic (exact) mass is 260 g/mol. The molecule has 4 nitrogen and oxygen atoms in total. The summed E-state index contributed by atoms with van der Waals surface area (Å²) < 4.78 is 1.71. The van der Waals surface area contributed by atoms with Gasteiger partial charge in [-0.3, -0.25) is 4.79 Å². The van der Waals surface area contributed by atoms with Gasteiger partial charge in [-0.1, -0.05) is 0 Å². The van der Waals surface area contributed by atoms with Gasteiger partial charge < -0.3 is 9.67 Å². The van der Waals surface area contributed by atoms with Crippen molar-refractivity contribution < 1.29 is 9.90 Å². The standard InChI is InChI=1S/C15H20N2O2/c18-14(19)7-17-6-13(16-8-17)15-11-2-9-1-10(4-11)5-12(15)3-9/h6,8-12,15H,1-5,7H2,(H,18,19). The first-order valence-electron chi connectivity index (χ1n) is 7.42. The number of imidazole rings is 1. The summed E-state index contributed by atoms with van der Waals surface area (Å²) in [7, 11) is 0. The summed E-state index contributed by atoms with van der Waals surface area (Å²) in [5.41, 5.74) is 1.15. The number of rotatable bonds is 3. The molecule has 0 aromatic carbocycles. The number of carboxylic acid groups (broad SMARTS) is 1. The first-order valence-corrected chi connectivity index (χ1v) is 7.42. The van der Waals surface area contributed by atoms with E-state index < -0.39 is 5.97 Å². The first-order chi connectivity index (χ1) is 9.19. The molecule has 4 bridgehead atoms. The summed E-state index contributed by atoms with van der Waals surface area (Å²) in [6.07, 6.45) is 10.6. The maximum atomic E-state index is 10.8. The molecule has 0 aliphatic heterocycles. The van der Waals surface area contributed by atoms with Crippen molar-refractivity contribution in [1.82, 2.24) is 9.55 Å². The zero-order chi connectivity index (χ0) is 13.0. The third-order valence-electron chi connectivity index (χ3n) is 5.54. The molecule has 0 saturated heterocycles.